The molecule has 1 aliphatic heterocycles. The van der Waals surface area contributed by atoms with Gasteiger partial charge in [-0.2, -0.15) is 0 Å². The van der Waals surface area contributed by atoms with Crippen molar-refractivity contribution in [1.82, 2.24) is 5.32 Å². The van der Waals surface area contributed by atoms with Crippen LogP contribution in [0.3, 0.4) is 0 Å². The SMILES string of the molecule is Cl.Cl.N=C(N)c1ccc(N2CCC(CC(=O)NCCC(=O)OCc3ccccc3)CC2)cc1. The fourth-order valence-electron chi connectivity index (χ4n) is 3.70. The summed E-state index contributed by atoms with van der Waals surface area (Å²) in [6, 6.07) is 17.2. The third-order valence-electron chi connectivity index (χ3n) is 5.53. The van der Waals surface area contributed by atoms with Crippen molar-refractivity contribution in [3.05, 3.63) is 65.7 Å². The Morgan fingerprint density at radius 3 is 2.27 bits per heavy atom. The highest BCUT2D eigenvalue weighted by Gasteiger charge is 2.21. The van der Waals surface area contributed by atoms with Crippen LogP contribution >= 0.6 is 24.8 Å². The second kappa shape index (κ2) is 14.4. The number of piperidine rings is 1. The minimum absolute atomic E-state index is 0. The largest absolute Gasteiger partial charge is 0.461 e. The average Bonchev–Trinajstić information content (AvgIpc) is 2.79. The summed E-state index contributed by atoms with van der Waals surface area (Å²) >= 11 is 0. The molecule has 1 fully saturated rings. The van der Waals surface area contributed by atoms with E-state index < -0.39 is 0 Å². The average molecular weight is 495 g/mol. The van der Waals surface area contributed by atoms with Crippen molar-refractivity contribution in [2.45, 2.75) is 32.3 Å². The minimum Gasteiger partial charge on any atom is -0.461 e. The van der Waals surface area contributed by atoms with Crippen LogP contribution in [-0.4, -0.2) is 37.3 Å². The molecule has 0 unspecified atom stereocenters. The number of nitrogen functional groups attached to an aromatic ring is 1. The van der Waals surface area contributed by atoms with Gasteiger partial charge in [0.25, 0.3) is 0 Å². The first kappa shape index (κ1) is 28.3. The molecule has 1 heterocycles. The molecule has 1 saturated heterocycles. The van der Waals surface area contributed by atoms with Gasteiger partial charge in [0, 0.05) is 37.3 Å². The van der Waals surface area contributed by atoms with E-state index in [0.29, 0.717) is 18.9 Å². The molecule has 0 atom stereocenters. The Labute approximate surface area is 207 Å². The molecule has 9 heteroatoms. The Balaban J connectivity index is 0.00000272. The molecule has 33 heavy (non-hydrogen) atoms. The van der Waals surface area contributed by atoms with Gasteiger partial charge in [-0.05, 0) is 48.6 Å². The Kier molecular flexibility index (Phi) is 12.3. The highest BCUT2D eigenvalue weighted by atomic mass is 35.5. The quantitative estimate of drug-likeness (QED) is 0.280. The third kappa shape index (κ3) is 9.32. The second-order valence-corrected chi connectivity index (χ2v) is 7.84. The molecule has 0 aromatic heterocycles. The molecule has 2 aromatic rings. The number of amides is 1. The van der Waals surface area contributed by atoms with Crippen LogP contribution in [0.4, 0.5) is 5.69 Å². The van der Waals surface area contributed by atoms with Crippen LogP contribution < -0.4 is 16.0 Å². The molecule has 0 aliphatic carbocycles. The van der Waals surface area contributed by atoms with Gasteiger partial charge in [-0.25, -0.2) is 0 Å². The first-order valence-electron chi connectivity index (χ1n) is 10.7. The van der Waals surface area contributed by atoms with E-state index in [1.54, 1.807) is 0 Å². The van der Waals surface area contributed by atoms with E-state index in [2.05, 4.69) is 10.2 Å². The lowest BCUT2D eigenvalue weighted by Crippen LogP contribution is -2.36. The smallest absolute Gasteiger partial charge is 0.307 e. The number of benzene rings is 2. The summed E-state index contributed by atoms with van der Waals surface area (Å²) in [6.07, 6.45) is 2.55. The summed E-state index contributed by atoms with van der Waals surface area (Å²) < 4.78 is 5.22. The normalized spacial score (nSPS) is 13.3. The number of ether oxygens (including phenoxy) is 1. The van der Waals surface area contributed by atoms with E-state index in [0.717, 1.165) is 42.7 Å². The van der Waals surface area contributed by atoms with E-state index >= 15 is 0 Å². The van der Waals surface area contributed by atoms with Crippen LogP contribution in [0, 0.1) is 11.3 Å². The number of carbonyl (C=O) groups is 2. The van der Waals surface area contributed by atoms with Crippen molar-refractivity contribution in [3.8, 4) is 0 Å². The Morgan fingerprint density at radius 2 is 1.67 bits per heavy atom. The summed E-state index contributed by atoms with van der Waals surface area (Å²) in [7, 11) is 0. The topological polar surface area (TPSA) is 109 Å². The number of esters is 1. The Morgan fingerprint density at radius 1 is 1.03 bits per heavy atom. The number of anilines is 1. The number of hydrogen-bond acceptors (Lipinski definition) is 5. The van der Waals surface area contributed by atoms with Crippen molar-refractivity contribution >= 4 is 48.2 Å². The van der Waals surface area contributed by atoms with Gasteiger partial charge in [0.2, 0.25) is 5.91 Å². The molecule has 7 nitrogen and oxygen atoms in total. The fourth-order valence-corrected chi connectivity index (χ4v) is 3.70. The molecule has 180 valence electrons. The van der Waals surface area contributed by atoms with Gasteiger partial charge in [0.1, 0.15) is 12.4 Å². The molecule has 0 bridgehead atoms. The van der Waals surface area contributed by atoms with Crippen LogP contribution in [0.15, 0.2) is 54.6 Å². The number of nitrogens with one attached hydrogen (secondary N) is 2. The van der Waals surface area contributed by atoms with Crippen molar-refractivity contribution < 1.29 is 14.3 Å². The molecule has 4 N–H and O–H groups in total. The maximum absolute atomic E-state index is 12.2. The second-order valence-electron chi connectivity index (χ2n) is 7.84. The van der Waals surface area contributed by atoms with E-state index in [1.807, 2.05) is 54.6 Å². The summed E-state index contributed by atoms with van der Waals surface area (Å²) in [6.45, 7) is 2.34. The lowest BCUT2D eigenvalue weighted by Gasteiger charge is -2.33. The van der Waals surface area contributed by atoms with Gasteiger partial charge in [-0.15, -0.1) is 24.8 Å². The van der Waals surface area contributed by atoms with Crippen LogP contribution in [0.1, 0.15) is 36.8 Å². The zero-order chi connectivity index (χ0) is 22.1. The first-order valence-corrected chi connectivity index (χ1v) is 10.7. The molecule has 0 spiro atoms. The van der Waals surface area contributed by atoms with E-state index in [1.165, 1.54) is 0 Å². The summed E-state index contributed by atoms with van der Waals surface area (Å²) in [5, 5.41) is 10.3. The molecule has 0 radical (unpaired) electrons. The predicted octanol–water partition coefficient (Wildman–Crippen LogP) is 3.67. The van der Waals surface area contributed by atoms with Crippen LogP contribution in [0.25, 0.3) is 0 Å². The number of nitrogens with zero attached hydrogens (tertiary/aromatic N) is 1. The fraction of sp³-hybridized carbons (Fsp3) is 0.375. The molecule has 3 rings (SSSR count). The number of nitrogens with two attached hydrogens (primary N) is 1. The van der Waals surface area contributed by atoms with Crippen molar-refractivity contribution in [1.29, 1.82) is 5.41 Å². The van der Waals surface area contributed by atoms with Crippen LogP contribution in [-0.2, 0) is 20.9 Å². The number of hydrogen-bond donors (Lipinski definition) is 3. The molecule has 1 amide bonds. The molecule has 0 saturated carbocycles. The summed E-state index contributed by atoms with van der Waals surface area (Å²) in [5.41, 5.74) is 8.28. The Bertz CT molecular complexity index is 886. The van der Waals surface area contributed by atoms with Gasteiger partial charge in [-0.1, -0.05) is 30.3 Å². The predicted molar refractivity (Wildman–Crippen MR) is 135 cm³/mol. The van der Waals surface area contributed by atoms with Crippen molar-refractivity contribution in [2.75, 3.05) is 24.5 Å². The standard InChI is InChI=1S/C24H30N4O3.2ClH/c25-24(26)20-6-8-21(9-7-20)28-14-11-18(12-15-28)16-22(29)27-13-10-23(30)31-17-19-4-2-1-3-5-19;;/h1-9,18H,10-17H2,(H3,25,26)(H,27,29);2*1H. The summed E-state index contributed by atoms with van der Waals surface area (Å²) in [5.74, 6) is 0.0897. The van der Waals surface area contributed by atoms with Crippen LogP contribution in [0.5, 0.6) is 0 Å². The van der Waals surface area contributed by atoms with Gasteiger partial charge >= 0.3 is 5.97 Å². The zero-order valence-corrected chi connectivity index (χ0v) is 20.1. The Hall–Kier alpha value is -2.77. The number of carbonyl (C=O) groups excluding carboxylic acids is 2. The maximum atomic E-state index is 12.2. The number of rotatable bonds is 9. The highest BCUT2D eigenvalue weighted by molar-refractivity contribution is 5.95. The molecule has 2 aromatic carbocycles. The van der Waals surface area contributed by atoms with E-state index in [4.69, 9.17) is 15.9 Å². The van der Waals surface area contributed by atoms with E-state index in [-0.39, 0.29) is 55.6 Å². The van der Waals surface area contributed by atoms with Crippen molar-refractivity contribution in [3.63, 3.8) is 0 Å². The lowest BCUT2D eigenvalue weighted by atomic mass is 9.93. The monoisotopic (exact) mass is 494 g/mol. The van der Waals surface area contributed by atoms with Gasteiger partial charge in [0.05, 0.1) is 6.42 Å². The molecular formula is C24H32Cl2N4O3. The number of halogens is 2. The molecular weight excluding hydrogens is 463 g/mol. The van der Waals surface area contributed by atoms with Gasteiger partial charge in [0.15, 0.2) is 0 Å². The van der Waals surface area contributed by atoms with Gasteiger partial charge in [-0.3, -0.25) is 15.0 Å². The third-order valence-corrected chi connectivity index (χ3v) is 5.53. The zero-order valence-electron chi connectivity index (χ0n) is 18.5. The minimum atomic E-state index is -0.312. The first-order chi connectivity index (χ1) is 15.0. The molecule has 1 aliphatic rings. The lowest BCUT2D eigenvalue weighted by molar-refractivity contribution is -0.144. The van der Waals surface area contributed by atoms with Gasteiger partial charge < -0.3 is 20.7 Å². The highest BCUT2D eigenvalue weighted by Crippen LogP contribution is 2.25. The van der Waals surface area contributed by atoms with Crippen molar-refractivity contribution in [2.24, 2.45) is 11.7 Å². The number of amidine groups is 1. The van der Waals surface area contributed by atoms with E-state index in [9.17, 15) is 9.59 Å². The van der Waals surface area contributed by atoms with Crippen LogP contribution in [0.2, 0.25) is 0 Å². The summed E-state index contributed by atoms with van der Waals surface area (Å²) in [4.78, 5) is 26.3. The maximum Gasteiger partial charge on any atom is 0.307 e.